The Hall–Kier alpha value is -3.13. The highest BCUT2D eigenvalue weighted by Crippen LogP contribution is 2.27. The van der Waals surface area contributed by atoms with Gasteiger partial charge >= 0.3 is 0 Å². The molecular formula is C20H18F2N4O2. The van der Waals surface area contributed by atoms with Gasteiger partial charge in [-0.25, -0.2) is 13.5 Å². The van der Waals surface area contributed by atoms with Crippen molar-refractivity contribution >= 4 is 5.91 Å². The summed E-state index contributed by atoms with van der Waals surface area (Å²) in [4.78, 5) is 12.4. The Bertz CT molecular complexity index is 1020. The summed E-state index contributed by atoms with van der Waals surface area (Å²) in [7, 11) is 0. The van der Waals surface area contributed by atoms with Gasteiger partial charge in [0.05, 0.1) is 18.8 Å². The van der Waals surface area contributed by atoms with Crippen LogP contribution in [0.4, 0.5) is 8.78 Å². The Morgan fingerprint density at radius 1 is 1.25 bits per heavy atom. The predicted molar refractivity (Wildman–Crippen MR) is 96.3 cm³/mol. The van der Waals surface area contributed by atoms with Crippen molar-refractivity contribution in [2.75, 3.05) is 0 Å². The van der Waals surface area contributed by atoms with E-state index in [4.69, 9.17) is 4.74 Å². The number of fused-ring (bicyclic) bond motifs is 1. The van der Waals surface area contributed by atoms with Crippen LogP contribution < -0.4 is 5.32 Å². The molecule has 1 amide bonds. The molecule has 0 bridgehead atoms. The van der Waals surface area contributed by atoms with Crippen molar-refractivity contribution < 1.29 is 18.3 Å². The highest BCUT2D eigenvalue weighted by molar-refractivity contribution is 5.93. The number of ether oxygens (including phenoxy) is 1. The third kappa shape index (κ3) is 3.63. The molecule has 144 valence electrons. The van der Waals surface area contributed by atoms with Gasteiger partial charge in [0.25, 0.3) is 5.91 Å². The van der Waals surface area contributed by atoms with Gasteiger partial charge < -0.3 is 10.1 Å². The van der Waals surface area contributed by atoms with Crippen LogP contribution in [0.1, 0.15) is 39.0 Å². The summed E-state index contributed by atoms with van der Waals surface area (Å²) in [6.07, 6.45) is -0.168. The first-order valence-corrected chi connectivity index (χ1v) is 8.84. The fraction of sp³-hybridized carbons (Fsp3) is 0.250. The van der Waals surface area contributed by atoms with Gasteiger partial charge in [-0.2, -0.15) is 0 Å². The molecule has 2 heterocycles. The highest BCUT2D eigenvalue weighted by atomic mass is 19.1. The SMILES string of the molecule is Cc1ccc([C@@H]2Cn3nnc(C(=O)NCc4ccc(F)cc4F)c3CO2)cc1. The lowest BCUT2D eigenvalue weighted by Crippen LogP contribution is -2.27. The minimum atomic E-state index is -0.713. The molecule has 2 aromatic carbocycles. The fourth-order valence-electron chi connectivity index (χ4n) is 3.10. The third-order valence-electron chi connectivity index (χ3n) is 4.72. The summed E-state index contributed by atoms with van der Waals surface area (Å²) in [6.45, 7) is 2.58. The first-order chi connectivity index (χ1) is 13.5. The zero-order valence-corrected chi connectivity index (χ0v) is 15.2. The number of rotatable bonds is 4. The maximum absolute atomic E-state index is 13.7. The molecule has 0 unspecified atom stereocenters. The van der Waals surface area contributed by atoms with Crippen LogP contribution in [0.5, 0.6) is 0 Å². The Labute approximate surface area is 160 Å². The van der Waals surface area contributed by atoms with Crippen molar-refractivity contribution in [1.82, 2.24) is 20.3 Å². The van der Waals surface area contributed by atoms with Crippen LogP contribution in [-0.4, -0.2) is 20.9 Å². The molecule has 1 atom stereocenters. The monoisotopic (exact) mass is 384 g/mol. The van der Waals surface area contributed by atoms with E-state index in [1.54, 1.807) is 4.68 Å². The van der Waals surface area contributed by atoms with Crippen LogP contribution in [0.15, 0.2) is 42.5 Å². The number of hydrogen-bond acceptors (Lipinski definition) is 4. The van der Waals surface area contributed by atoms with Crippen molar-refractivity contribution in [1.29, 1.82) is 0 Å². The first kappa shape index (κ1) is 18.2. The number of nitrogens with zero attached hydrogens (tertiary/aromatic N) is 3. The van der Waals surface area contributed by atoms with Crippen LogP contribution in [-0.2, 0) is 24.4 Å². The van der Waals surface area contributed by atoms with E-state index in [1.165, 1.54) is 6.07 Å². The topological polar surface area (TPSA) is 69.0 Å². The normalized spacial score (nSPS) is 15.9. The quantitative estimate of drug-likeness (QED) is 0.751. The standard InChI is InChI=1S/C20H18F2N4O2/c1-12-2-4-13(5-3-12)18-10-26-17(11-28-18)19(24-25-26)20(27)23-9-14-6-7-15(21)8-16(14)22/h2-8,18H,9-11H2,1H3,(H,23,27)/t18-/m0/s1. The van der Waals surface area contributed by atoms with E-state index in [0.717, 1.165) is 23.3 Å². The van der Waals surface area contributed by atoms with Crippen LogP contribution in [0.3, 0.4) is 0 Å². The summed E-state index contributed by atoms with van der Waals surface area (Å²) in [6, 6.07) is 11.3. The number of benzene rings is 2. The van der Waals surface area contributed by atoms with Crippen molar-refractivity contribution in [3.8, 4) is 0 Å². The van der Waals surface area contributed by atoms with Gasteiger partial charge in [0, 0.05) is 18.2 Å². The van der Waals surface area contributed by atoms with Gasteiger partial charge in [-0.05, 0) is 18.6 Å². The molecule has 0 spiro atoms. The fourth-order valence-corrected chi connectivity index (χ4v) is 3.10. The molecule has 0 saturated carbocycles. The van der Waals surface area contributed by atoms with Gasteiger partial charge in [-0.15, -0.1) is 5.10 Å². The molecule has 8 heteroatoms. The lowest BCUT2D eigenvalue weighted by molar-refractivity contribution is -0.00177. The molecule has 1 aliphatic rings. The number of aryl methyl sites for hydroxylation is 1. The summed E-state index contributed by atoms with van der Waals surface area (Å²) >= 11 is 0. The summed E-state index contributed by atoms with van der Waals surface area (Å²) in [5.74, 6) is -1.86. The van der Waals surface area contributed by atoms with Crippen LogP contribution >= 0.6 is 0 Å². The van der Waals surface area contributed by atoms with E-state index in [2.05, 4.69) is 15.6 Å². The van der Waals surface area contributed by atoms with Gasteiger partial charge in [-0.3, -0.25) is 4.79 Å². The van der Waals surface area contributed by atoms with E-state index in [0.29, 0.717) is 12.2 Å². The Morgan fingerprint density at radius 2 is 2.04 bits per heavy atom. The number of carbonyl (C=O) groups excluding carboxylic acids is 1. The molecule has 28 heavy (non-hydrogen) atoms. The van der Waals surface area contributed by atoms with Crippen molar-refractivity contribution in [3.63, 3.8) is 0 Å². The second-order valence-corrected chi connectivity index (χ2v) is 6.70. The predicted octanol–water partition coefficient (Wildman–Crippen LogP) is 3.07. The van der Waals surface area contributed by atoms with Crippen LogP contribution in [0.2, 0.25) is 0 Å². The second kappa shape index (κ2) is 7.47. The summed E-state index contributed by atoms with van der Waals surface area (Å²) in [5.41, 5.74) is 3.10. The number of carbonyl (C=O) groups is 1. The van der Waals surface area contributed by atoms with E-state index in [-0.39, 0.29) is 30.5 Å². The molecule has 0 fully saturated rings. The average Bonchev–Trinajstić information content (AvgIpc) is 3.11. The smallest absolute Gasteiger partial charge is 0.274 e. The van der Waals surface area contributed by atoms with E-state index in [1.807, 2.05) is 31.2 Å². The highest BCUT2D eigenvalue weighted by Gasteiger charge is 2.27. The van der Waals surface area contributed by atoms with E-state index < -0.39 is 17.5 Å². The van der Waals surface area contributed by atoms with Gasteiger partial charge in [0.2, 0.25) is 0 Å². The zero-order valence-electron chi connectivity index (χ0n) is 15.2. The third-order valence-corrected chi connectivity index (χ3v) is 4.72. The Kier molecular flexibility index (Phi) is 4.87. The van der Waals surface area contributed by atoms with Crippen molar-refractivity contribution in [2.45, 2.75) is 32.7 Å². The molecular weight excluding hydrogens is 366 g/mol. The number of halogens is 2. The Balaban J connectivity index is 1.45. The first-order valence-electron chi connectivity index (χ1n) is 8.84. The molecule has 1 N–H and O–H groups in total. The largest absolute Gasteiger partial charge is 0.365 e. The second-order valence-electron chi connectivity index (χ2n) is 6.70. The minimum absolute atomic E-state index is 0.0793. The summed E-state index contributed by atoms with van der Waals surface area (Å²) < 4.78 is 34.2. The van der Waals surface area contributed by atoms with Crippen LogP contribution in [0, 0.1) is 18.6 Å². The molecule has 3 aromatic rings. The maximum atomic E-state index is 13.7. The number of nitrogens with one attached hydrogen (secondary N) is 1. The number of amides is 1. The van der Waals surface area contributed by atoms with Gasteiger partial charge in [-0.1, -0.05) is 41.1 Å². The number of hydrogen-bond donors (Lipinski definition) is 1. The van der Waals surface area contributed by atoms with E-state index in [9.17, 15) is 13.6 Å². The molecule has 0 saturated heterocycles. The number of aromatic nitrogens is 3. The molecule has 0 radical (unpaired) electrons. The maximum Gasteiger partial charge on any atom is 0.274 e. The Morgan fingerprint density at radius 3 is 2.79 bits per heavy atom. The molecule has 4 rings (SSSR count). The van der Waals surface area contributed by atoms with Gasteiger partial charge in [0.15, 0.2) is 5.69 Å². The van der Waals surface area contributed by atoms with Crippen LogP contribution in [0.25, 0.3) is 0 Å². The van der Waals surface area contributed by atoms with Crippen molar-refractivity contribution in [3.05, 3.63) is 82.2 Å². The molecule has 1 aliphatic heterocycles. The van der Waals surface area contributed by atoms with E-state index >= 15 is 0 Å². The average molecular weight is 384 g/mol. The lowest BCUT2D eigenvalue weighted by Gasteiger charge is -2.24. The zero-order chi connectivity index (χ0) is 19.7. The lowest BCUT2D eigenvalue weighted by atomic mass is 10.1. The molecule has 6 nitrogen and oxygen atoms in total. The molecule has 0 aliphatic carbocycles. The van der Waals surface area contributed by atoms with Crippen molar-refractivity contribution in [2.24, 2.45) is 0 Å². The minimum Gasteiger partial charge on any atom is -0.365 e. The van der Waals surface area contributed by atoms with Gasteiger partial charge in [0.1, 0.15) is 17.7 Å². The summed E-state index contributed by atoms with van der Waals surface area (Å²) in [5, 5.41) is 10.6. The molecule has 1 aromatic heterocycles.